The molecule has 2 heteroatoms. The van der Waals surface area contributed by atoms with Gasteiger partial charge < -0.3 is 4.74 Å². The van der Waals surface area contributed by atoms with Crippen molar-refractivity contribution in [3.63, 3.8) is 0 Å². The fraction of sp³-hybridized carbons (Fsp3) is 0.273. The van der Waals surface area contributed by atoms with Gasteiger partial charge in [0.25, 0.3) is 0 Å². The quantitative estimate of drug-likeness (QED) is 0.665. The zero-order chi connectivity index (χ0) is 9.26. The second kappa shape index (κ2) is 3.43. The van der Waals surface area contributed by atoms with Crippen LogP contribution in [0.5, 0.6) is 5.75 Å². The molecule has 0 fully saturated rings. The van der Waals surface area contributed by atoms with Crippen LogP contribution in [0.3, 0.4) is 0 Å². The standard InChI is InChI=1S/C11H11ClO/c1-2-8-6-9-4-3-5-10(12)11(9)13-7-8/h3-6H,2,7H2,1H3. The van der Waals surface area contributed by atoms with Crippen molar-refractivity contribution in [2.45, 2.75) is 13.3 Å². The van der Waals surface area contributed by atoms with E-state index in [1.54, 1.807) is 0 Å². The molecule has 0 N–H and O–H groups in total. The van der Waals surface area contributed by atoms with Gasteiger partial charge in [-0.2, -0.15) is 0 Å². The zero-order valence-corrected chi connectivity index (χ0v) is 8.27. The molecule has 0 aliphatic carbocycles. The molecule has 1 aromatic carbocycles. The summed E-state index contributed by atoms with van der Waals surface area (Å²) in [6.45, 7) is 2.80. The smallest absolute Gasteiger partial charge is 0.145 e. The highest BCUT2D eigenvalue weighted by Crippen LogP contribution is 2.33. The van der Waals surface area contributed by atoms with Gasteiger partial charge in [0.05, 0.1) is 5.02 Å². The van der Waals surface area contributed by atoms with Crippen molar-refractivity contribution in [3.05, 3.63) is 34.4 Å². The Balaban J connectivity index is 2.47. The van der Waals surface area contributed by atoms with Crippen LogP contribution in [0.1, 0.15) is 18.9 Å². The Hall–Kier alpha value is -0.950. The summed E-state index contributed by atoms with van der Waals surface area (Å²) >= 11 is 5.98. The molecule has 1 aliphatic rings. The maximum absolute atomic E-state index is 5.98. The molecule has 0 saturated carbocycles. The second-order valence-electron chi connectivity index (χ2n) is 3.10. The van der Waals surface area contributed by atoms with Gasteiger partial charge in [0, 0.05) is 5.56 Å². The Bertz CT molecular complexity index is 355. The molecule has 0 atom stereocenters. The van der Waals surface area contributed by atoms with Crippen LogP contribution in [-0.2, 0) is 0 Å². The van der Waals surface area contributed by atoms with Crippen molar-refractivity contribution >= 4 is 17.7 Å². The Labute approximate surface area is 83.0 Å². The fourth-order valence-corrected chi connectivity index (χ4v) is 1.66. The Morgan fingerprint density at radius 2 is 2.31 bits per heavy atom. The van der Waals surface area contributed by atoms with E-state index in [2.05, 4.69) is 13.0 Å². The SMILES string of the molecule is CCC1=Cc2cccc(Cl)c2OC1. The topological polar surface area (TPSA) is 9.23 Å². The first-order valence-electron chi connectivity index (χ1n) is 4.42. The Morgan fingerprint density at radius 1 is 1.46 bits per heavy atom. The highest BCUT2D eigenvalue weighted by atomic mass is 35.5. The Morgan fingerprint density at radius 3 is 3.08 bits per heavy atom. The van der Waals surface area contributed by atoms with Crippen molar-refractivity contribution in [3.8, 4) is 5.75 Å². The van der Waals surface area contributed by atoms with Crippen LogP contribution in [0, 0.1) is 0 Å². The largest absolute Gasteiger partial charge is 0.487 e. The summed E-state index contributed by atoms with van der Waals surface area (Å²) < 4.78 is 5.56. The van der Waals surface area contributed by atoms with Gasteiger partial charge in [0.15, 0.2) is 0 Å². The highest BCUT2D eigenvalue weighted by Gasteiger charge is 2.12. The minimum absolute atomic E-state index is 0.674. The van der Waals surface area contributed by atoms with Gasteiger partial charge >= 0.3 is 0 Å². The molecule has 1 aromatic rings. The van der Waals surface area contributed by atoms with Gasteiger partial charge in [-0.15, -0.1) is 0 Å². The number of hydrogen-bond acceptors (Lipinski definition) is 1. The van der Waals surface area contributed by atoms with Crippen molar-refractivity contribution in [2.75, 3.05) is 6.61 Å². The van der Waals surface area contributed by atoms with Gasteiger partial charge in [-0.1, -0.05) is 30.7 Å². The summed E-state index contributed by atoms with van der Waals surface area (Å²) in [5.74, 6) is 0.821. The van der Waals surface area contributed by atoms with Crippen LogP contribution in [-0.4, -0.2) is 6.61 Å². The zero-order valence-electron chi connectivity index (χ0n) is 7.51. The number of benzene rings is 1. The number of halogens is 1. The predicted molar refractivity (Wildman–Crippen MR) is 55.2 cm³/mol. The second-order valence-corrected chi connectivity index (χ2v) is 3.51. The van der Waals surface area contributed by atoms with Crippen LogP contribution in [0.2, 0.25) is 5.02 Å². The van der Waals surface area contributed by atoms with E-state index in [9.17, 15) is 0 Å². The first-order chi connectivity index (χ1) is 6.31. The maximum atomic E-state index is 5.98. The molecule has 1 heterocycles. The minimum atomic E-state index is 0.674. The molecule has 0 saturated heterocycles. The first-order valence-corrected chi connectivity index (χ1v) is 4.80. The predicted octanol–water partition coefficient (Wildman–Crippen LogP) is 3.53. The number of fused-ring (bicyclic) bond motifs is 1. The van der Waals surface area contributed by atoms with Crippen LogP contribution in [0.15, 0.2) is 23.8 Å². The maximum Gasteiger partial charge on any atom is 0.145 e. The summed E-state index contributed by atoms with van der Waals surface area (Å²) in [6.07, 6.45) is 3.19. The van der Waals surface area contributed by atoms with E-state index in [0.717, 1.165) is 17.7 Å². The third-order valence-electron chi connectivity index (χ3n) is 2.21. The lowest BCUT2D eigenvalue weighted by molar-refractivity contribution is 0.344. The van der Waals surface area contributed by atoms with Crippen molar-refractivity contribution in [2.24, 2.45) is 0 Å². The number of para-hydroxylation sites is 1. The van der Waals surface area contributed by atoms with Gasteiger partial charge in [0.1, 0.15) is 12.4 Å². The van der Waals surface area contributed by atoms with E-state index >= 15 is 0 Å². The van der Waals surface area contributed by atoms with E-state index < -0.39 is 0 Å². The third-order valence-corrected chi connectivity index (χ3v) is 2.51. The summed E-state index contributed by atoms with van der Waals surface area (Å²) in [5.41, 5.74) is 2.41. The molecule has 2 rings (SSSR count). The molecule has 68 valence electrons. The molecule has 13 heavy (non-hydrogen) atoms. The Kier molecular flexibility index (Phi) is 2.28. The van der Waals surface area contributed by atoms with E-state index in [1.165, 1.54) is 5.57 Å². The minimum Gasteiger partial charge on any atom is -0.487 e. The molecule has 0 unspecified atom stereocenters. The molecule has 1 aliphatic heterocycles. The monoisotopic (exact) mass is 194 g/mol. The highest BCUT2D eigenvalue weighted by molar-refractivity contribution is 6.32. The van der Waals surface area contributed by atoms with Gasteiger partial charge in [0.2, 0.25) is 0 Å². The first kappa shape index (κ1) is 8.64. The molecular weight excluding hydrogens is 184 g/mol. The van der Waals surface area contributed by atoms with Crippen LogP contribution in [0.25, 0.3) is 6.08 Å². The number of ether oxygens (including phenoxy) is 1. The van der Waals surface area contributed by atoms with Crippen LogP contribution in [0.4, 0.5) is 0 Å². The van der Waals surface area contributed by atoms with Gasteiger partial charge in [-0.05, 0) is 24.1 Å². The van der Waals surface area contributed by atoms with Crippen LogP contribution < -0.4 is 4.74 Å². The summed E-state index contributed by atoms with van der Waals surface area (Å²) in [4.78, 5) is 0. The molecule has 1 nitrogen and oxygen atoms in total. The summed E-state index contributed by atoms with van der Waals surface area (Å²) in [6, 6.07) is 5.82. The van der Waals surface area contributed by atoms with E-state index in [0.29, 0.717) is 11.6 Å². The molecule has 0 spiro atoms. The average Bonchev–Trinajstić information content (AvgIpc) is 2.18. The lowest BCUT2D eigenvalue weighted by Gasteiger charge is -2.17. The normalized spacial score (nSPS) is 14.5. The molecule has 0 amide bonds. The molecule has 0 aromatic heterocycles. The number of rotatable bonds is 1. The van der Waals surface area contributed by atoms with Crippen molar-refractivity contribution < 1.29 is 4.74 Å². The van der Waals surface area contributed by atoms with E-state index in [4.69, 9.17) is 16.3 Å². The molecular formula is C11H11ClO. The van der Waals surface area contributed by atoms with Gasteiger partial charge in [-0.25, -0.2) is 0 Å². The third kappa shape index (κ3) is 1.56. The van der Waals surface area contributed by atoms with E-state index in [-0.39, 0.29) is 0 Å². The van der Waals surface area contributed by atoms with Crippen molar-refractivity contribution in [1.82, 2.24) is 0 Å². The van der Waals surface area contributed by atoms with Crippen LogP contribution >= 0.6 is 11.6 Å². The average molecular weight is 195 g/mol. The fourth-order valence-electron chi connectivity index (χ4n) is 1.42. The van der Waals surface area contributed by atoms with Crippen molar-refractivity contribution in [1.29, 1.82) is 0 Å². The lowest BCUT2D eigenvalue weighted by Crippen LogP contribution is -2.06. The molecule has 0 bridgehead atoms. The number of hydrogen-bond donors (Lipinski definition) is 0. The summed E-state index contributed by atoms with van der Waals surface area (Å²) in [7, 11) is 0. The summed E-state index contributed by atoms with van der Waals surface area (Å²) in [5, 5.41) is 0.698. The lowest BCUT2D eigenvalue weighted by atomic mass is 10.1. The van der Waals surface area contributed by atoms with Gasteiger partial charge in [-0.3, -0.25) is 0 Å². The van der Waals surface area contributed by atoms with E-state index in [1.807, 2.05) is 18.2 Å². The molecule has 0 radical (unpaired) electrons.